The first-order valence-corrected chi connectivity index (χ1v) is 13.7. The summed E-state index contributed by atoms with van der Waals surface area (Å²) in [5.41, 5.74) is 0.785. The molecule has 11 heteroatoms. The topological polar surface area (TPSA) is 93.5 Å². The number of anilines is 1. The van der Waals surface area contributed by atoms with Crippen LogP contribution in [0.3, 0.4) is 0 Å². The molecule has 0 aliphatic carbocycles. The highest BCUT2D eigenvalue weighted by molar-refractivity contribution is 7.17. The number of hydrogen-bond acceptors (Lipinski definition) is 7. The number of carbonyl (C=O) groups is 2. The normalized spacial score (nSPS) is 15.6. The van der Waals surface area contributed by atoms with E-state index in [1.54, 1.807) is 51.2 Å². The number of thiophene rings is 1. The zero-order valence-electron chi connectivity index (χ0n) is 22.7. The Morgan fingerprint density at radius 2 is 2.08 bits per heavy atom. The van der Waals surface area contributed by atoms with Crippen LogP contribution in [0.1, 0.15) is 49.5 Å². The van der Waals surface area contributed by atoms with Crippen LogP contribution in [-0.4, -0.2) is 61.6 Å². The smallest absolute Gasteiger partial charge is 0.410 e. The number of benzene rings is 1. The molecular weight excluding hydrogens is 531 g/mol. The van der Waals surface area contributed by atoms with Gasteiger partial charge in [-0.25, -0.2) is 14.2 Å². The highest BCUT2D eigenvalue weighted by atomic mass is 32.1. The average molecular weight is 561 g/mol. The van der Waals surface area contributed by atoms with Gasteiger partial charge in [0.1, 0.15) is 22.9 Å². The molecule has 0 unspecified atom stereocenters. The van der Waals surface area contributed by atoms with Gasteiger partial charge in [0.25, 0.3) is 5.91 Å². The molecule has 0 spiro atoms. The summed E-state index contributed by atoms with van der Waals surface area (Å²) in [6.45, 7) is 6.10. The molecule has 0 N–H and O–H groups in total. The van der Waals surface area contributed by atoms with Crippen molar-refractivity contribution < 1.29 is 18.7 Å². The third-order valence-electron chi connectivity index (χ3n) is 6.58. The number of hydrogen-bond donors (Lipinski definition) is 0. The number of aromatic nitrogens is 4. The van der Waals surface area contributed by atoms with Crippen LogP contribution >= 0.6 is 11.3 Å². The van der Waals surface area contributed by atoms with E-state index in [0.29, 0.717) is 47.4 Å². The maximum Gasteiger partial charge on any atom is 0.410 e. The number of amides is 2. The van der Waals surface area contributed by atoms with Crippen molar-refractivity contribution in [1.82, 2.24) is 24.9 Å². The van der Waals surface area contributed by atoms with Gasteiger partial charge in [-0.15, -0.1) is 22.9 Å². The van der Waals surface area contributed by atoms with Crippen LogP contribution < -0.4 is 4.90 Å². The lowest BCUT2D eigenvalue weighted by molar-refractivity contribution is 0.0196. The van der Waals surface area contributed by atoms with Crippen molar-refractivity contribution >= 4 is 39.2 Å². The fourth-order valence-electron chi connectivity index (χ4n) is 4.81. The molecule has 1 atom stereocenters. The van der Waals surface area contributed by atoms with E-state index in [1.165, 1.54) is 33.1 Å². The van der Waals surface area contributed by atoms with Gasteiger partial charge in [-0.2, -0.15) is 0 Å². The molecule has 1 fully saturated rings. The number of carbonyl (C=O) groups excluding carboxylic acids is 2. The minimum atomic E-state index is -0.701. The molecule has 206 valence electrons. The largest absolute Gasteiger partial charge is 0.444 e. The number of halogens is 1. The minimum absolute atomic E-state index is 0.127. The molecule has 40 heavy (non-hydrogen) atoms. The Hall–Kier alpha value is -4.30. The Bertz CT molecular complexity index is 1630. The van der Waals surface area contributed by atoms with Gasteiger partial charge in [-0.1, -0.05) is 17.2 Å². The van der Waals surface area contributed by atoms with Gasteiger partial charge >= 0.3 is 6.09 Å². The molecule has 1 saturated heterocycles. The van der Waals surface area contributed by atoms with Crippen LogP contribution in [0.15, 0.2) is 42.0 Å². The van der Waals surface area contributed by atoms with E-state index >= 15 is 4.39 Å². The second-order valence-electron chi connectivity index (χ2n) is 10.7. The third-order valence-corrected chi connectivity index (χ3v) is 7.53. The van der Waals surface area contributed by atoms with Crippen LogP contribution in [-0.2, 0) is 11.8 Å². The van der Waals surface area contributed by atoms with E-state index in [2.05, 4.69) is 21.2 Å². The second-order valence-corrected chi connectivity index (χ2v) is 11.6. The molecule has 0 radical (unpaired) electrons. The SMILES string of the molecule is C#Cc1csc2ccnc(N(C(=O)c3ccc(-c4cn(C)nn4)cc3F)[C@@H]3CCCN(C(=O)OC(C)(C)C)C3)c12. The highest BCUT2D eigenvalue weighted by Gasteiger charge is 2.36. The Labute approximate surface area is 235 Å². The Balaban J connectivity index is 1.57. The van der Waals surface area contributed by atoms with E-state index < -0.39 is 29.5 Å². The number of nitrogens with zero attached hydrogens (tertiary/aromatic N) is 6. The van der Waals surface area contributed by atoms with Crippen molar-refractivity contribution in [3.8, 4) is 23.6 Å². The van der Waals surface area contributed by atoms with Crippen molar-refractivity contribution in [2.24, 2.45) is 7.05 Å². The Kier molecular flexibility index (Phi) is 7.29. The van der Waals surface area contributed by atoms with E-state index in [0.717, 1.165) is 4.70 Å². The maximum absolute atomic E-state index is 15.6. The molecular formula is C29H29FN6O3S. The maximum atomic E-state index is 15.6. The Morgan fingerprint density at radius 1 is 1.27 bits per heavy atom. The van der Waals surface area contributed by atoms with Gasteiger partial charge in [-0.05, 0) is 51.8 Å². The number of likely N-dealkylation sites (tertiary alicyclic amines) is 1. The summed E-state index contributed by atoms with van der Waals surface area (Å²) < 4.78 is 23.6. The number of terminal acetylenes is 1. The fraction of sp³-hybridized carbons (Fsp3) is 0.345. The van der Waals surface area contributed by atoms with E-state index in [-0.39, 0.29) is 12.1 Å². The standard InChI is InChI=1S/C29H29FN6O3S/c1-6-18-17-40-24-11-12-31-26(25(18)24)36(20-8-7-13-35(15-20)28(38)39-29(2,3)4)27(37)21-10-9-19(14-22(21)30)23-16-34(5)33-32-23/h1,9-12,14,16-17,20H,7-8,13,15H2,2-5H3/t20-/m1/s1. The van der Waals surface area contributed by atoms with Crippen molar-refractivity contribution in [3.63, 3.8) is 0 Å². The number of rotatable bonds is 4. The van der Waals surface area contributed by atoms with Gasteiger partial charge in [-0.3, -0.25) is 14.4 Å². The number of pyridine rings is 1. The minimum Gasteiger partial charge on any atom is -0.444 e. The number of fused-ring (bicyclic) bond motifs is 1. The lowest BCUT2D eigenvalue weighted by Gasteiger charge is -2.39. The van der Waals surface area contributed by atoms with Gasteiger partial charge in [0.05, 0.1) is 23.2 Å². The number of aryl methyl sites for hydroxylation is 1. The van der Waals surface area contributed by atoms with Crippen LogP contribution in [0.2, 0.25) is 0 Å². The first-order chi connectivity index (χ1) is 19.1. The summed E-state index contributed by atoms with van der Waals surface area (Å²) in [5.74, 6) is 1.74. The summed E-state index contributed by atoms with van der Waals surface area (Å²) in [6.07, 6.45) is 9.82. The third kappa shape index (κ3) is 5.40. The molecule has 1 aliphatic heterocycles. The van der Waals surface area contributed by atoms with Crippen LogP contribution in [0, 0.1) is 18.2 Å². The number of piperidine rings is 1. The average Bonchev–Trinajstić information content (AvgIpc) is 3.54. The van der Waals surface area contributed by atoms with E-state index in [4.69, 9.17) is 11.2 Å². The molecule has 4 heterocycles. The van der Waals surface area contributed by atoms with Crippen LogP contribution in [0.25, 0.3) is 21.3 Å². The molecule has 0 saturated carbocycles. The van der Waals surface area contributed by atoms with Crippen molar-refractivity contribution in [2.75, 3.05) is 18.0 Å². The Morgan fingerprint density at radius 3 is 2.75 bits per heavy atom. The first kappa shape index (κ1) is 27.3. The molecule has 9 nitrogen and oxygen atoms in total. The molecule has 4 aromatic rings. The van der Waals surface area contributed by atoms with E-state index in [9.17, 15) is 9.59 Å². The monoisotopic (exact) mass is 560 g/mol. The summed E-state index contributed by atoms with van der Waals surface area (Å²) in [6, 6.07) is 5.69. The van der Waals surface area contributed by atoms with E-state index in [1.807, 2.05) is 11.4 Å². The van der Waals surface area contributed by atoms with Crippen LogP contribution in [0.4, 0.5) is 15.0 Å². The van der Waals surface area contributed by atoms with Crippen LogP contribution in [0.5, 0.6) is 0 Å². The molecule has 5 rings (SSSR count). The molecule has 1 aromatic carbocycles. The first-order valence-electron chi connectivity index (χ1n) is 12.9. The molecule has 1 aliphatic rings. The predicted molar refractivity (Wildman–Crippen MR) is 152 cm³/mol. The second kappa shape index (κ2) is 10.7. The van der Waals surface area contributed by atoms with Gasteiger partial charge < -0.3 is 9.64 Å². The summed E-state index contributed by atoms with van der Waals surface area (Å²) in [4.78, 5) is 34.8. The zero-order chi connectivity index (χ0) is 28.6. The van der Waals surface area contributed by atoms with Crippen molar-refractivity contribution in [2.45, 2.75) is 45.3 Å². The summed E-state index contributed by atoms with van der Waals surface area (Å²) in [5, 5.41) is 10.4. The highest BCUT2D eigenvalue weighted by Crippen LogP contribution is 2.36. The predicted octanol–water partition coefficient (Wildman–Crippen LogP) is 5.26. The lowest BCUT2D eigenvalue weighted by Crippen LogP contribution is -2.53. The van der Waals surface area contributed by atoms with Gasteiger partial charge in [0.15, 0.2) is 0 Å². The molecule has 0 bridgehead atoms. The van der Waals surface area contributed by atoms with Gasteiger partial charge in [0, 0.05) is 47.5 Å². The van der Waals surface area contributed by atoms with Gasteiger partial charge in [0.2, 0.25) is 0 Å². The molecule has 2 amide bonds. The number of ether oxygens (including phenoxy) is 1. The zero-order valence-corrected chi connectivity index (χ0v) is 23.5. The summed E-state index contributed by atoms with van der Waals surface area (Å²) in [7, 11) is 1.72. The van der Waals surface area contributed by atoms with Crippen molar-refractivity contribution in [3.05, 3.63) is 59.0 Å². The quantitative estimate of drug-likeness (QED) is 0.316. The fourth-order valence-corrected chi connectivity index (χ4v) is 5.69. The van der Waals surface area contributed by atoms with Crippen molar-refractivity contribution in [1.29, 1.82) is 0 Å². The molecule has 3 aromatic heterocycles. The summed E-state index contributed by atoms with van der Waals surface area (Å²) >= 11 is 1.45. The lowest BCUT2D eigenvalue weighted by atomic mass is 10.0.